The van der Waals surface area contributed by atoms with Gasteiger partial charge in [0.1, 0.15) is 5.60 Å². The van der Waals surface area contributed by atoms with E-state index in [1.165, 1.54) is 21.3 Å². The van der Waals surface area contributed by atoms with Crippen molar-refractivity contribution < 1.29 is 23.7 Å². The maximum absolute atomic E-state index is 12.7. The molecule has 0 amide bonds. The fraction of sp³-hybridized carbons (Fsp3) is 0.389. The second-order valence-electron chi connectivity index (χ2n) is 5.37. The fourth-order valence-corrected chi connectivity index (χ4v) is 3.23. The normalized spacial score (nSPS) is 13.0. The molecule has 1 aromatic heterocycles. The van der Waals surface area contributed by atoms with Crippen LogP contribution in [0, 0.1) is 0 Å². The zero-order valence-electron chi connectivity index (χ0n) is 14.5. The van der Waals surface area contributed by atoms with Crippen LogP contribution in [0.25, 0.3) is 0 Å². The predicted molar refractivity (Wildman–Crippen MR) is 93.5 cm³/mol. The Morgan fingerprint density at radius 2 is 1.75 bits per heavy atom. The summed E-state index contributed by atoms with van der Waals surface area (Å²) in [7, 11) is 4.53. The molecule has 1 unspecified atom stereocenters. The molecule has 0 aliphatic heterocycles. The average Bonchev–Trinajstić information content (AvgIpc) is 3.15. The Hall–Kier alpha value is -2.21. The van der Waals surface area contributed by atoms with Crippen LogP contribution in [0.2, 0.25) is 0 Å². The molecule has 0 saturated carbocycles. The lowest BCUT2D eigenvalue weighted by Gasteiger charge is -2.27. The highest BCUT2D eigenvalue weighted by Crippen LogP contribution is 2.39. The standard InChI is InChI=1S/C18H22O5S/c1-6-18(2,15-8-7-9-24-15)23-17(19)12-10-13(20-3)16(22-5)14(11-12)21-4/h7-11H,6H2,1-5H3. The van der Waals surface area contributed by atoms with Crippen LogP contribution >= 0.6 is 11.3 Å². The number of carbonyl (C=O) groups excluding carboxylic acids is 1. The van der Waals surface area contributed by atoms with Gasteiger partial charge in [-0.25, -0.2) is 4.79 Å². The molecule has 130 valence electrons. The number of thiophene rings is 1. The highest BCUT2D eigenvalue weighted by Gasteiger charge is 2.31. The van der Waals surface area contributed by atoms with Crippen molar-refractivity contribution >= 4 is 17.3 Å². The van der Waals surface area contributed by atoms with E-state index in [0.29, 0.717) is 29.2 Å². The van der Waals surface area contributed by atoms with Crippen molar-refractivity contribution in [3.8, 4) is 17.2 Å². The number of carbonyl (C=O) groups is 1. The largest absolute Gasteiger partial charge is 0.493 e. The number of rotatable bonds is 7. The van der Waals surface area contributed by atoms with Gasteiger partial charge in [0, 0.05) is 4.88 Å². The van der Waals surface area contributed by atoms with Gasteiger partial charge >= 0.3 is 5.97 Å². The van der Waals surface area contributed by atoms with Gasteiger partial charge in [-0.05, 0) is 36.9 Å². The summed E-state index contributed by atoms with van der Waals surface area (Å²) in [5.74, 6) is 0.830. The minimum Gasteiger partial charge on any atom is -0.493 e. The van der Waals surface area contributed by atoms with Gasteiger partial charge in [0.2, 0.25) is 5.75 Å². The first-order valence-corrected chi connectivity index (χ1v) is 8.44. The van der Waals surface area contributed by atoms with Crippen molar-refractivity contribution in [3.63, 3.8) is 0 Å². The minimum absolute atomic E-state index is 0.348. The molecule has 2 rings (SSSR count). The maximum atomic E-state index is 12.7. The first-order valence-electron chi connectivity index (χ1n) is 7.56. The summed E-state index contributed by atoms with van der Waals surface area (Å²) >= 11 is 1.57. The maximum Gasteiger partial charge on any atom is 0.339 e. The van der Waals surface area contributed by atoms with Gasteiger partial charge in [-0.1, -0.05) is 13.0 Å². The van der Waals surface area contributed by atoms with E-state index >= 15 is 0 Å². The van der Waals surface area contributed by atoms with Crippen LogP contribution in [-0.2, 0) is 10.3 Å². The molecular weight excluding hydrogens is 328 g/mol. The quantitative estimate of drug-likeness (QED) is 0.699. The summed E-state index contributed by atoms with van der Waals surface area (Å²) in [4.78, 5) is 13.7. The molecule has 24 heavy (non-hydrogen) atoms. The van der Waals surface area contributed by atoms with E-state index < -0.39 is 11.6 Å². The molecule has 0 aliphatic rings. The van der Waals surface area contributed by atoms with Gasteiger partial charge in [0.05, 0.1) is 26.9 Å². The summed E-state index contributed by atoms with van der Waals surface area (Å²) in [6.07, 6.45) is 0.670. The van der Waals surface area contributed by atoms with Crippen molar-refractivity contribution in [2.75, 3.05) is 21.3 Å². The molecule has 5 nitrogen and oxygen atoms in total. The van der Waals surface area contributed by atoms with Crippen molar-refractivity contribution in [1.82, 2.24) is 0 Å². The Bertz CT molecular complexity index is 670. The molecule has 0 radical (unpaired) electrons. The SMILES string of the molecule is CCC(C)(OC(=O)c1cc(OC)c(OC)c(OC)c1)c1cccs1. The summed E-state index contributed by atoms with van der Waals surface area (Å²) in [6, 6.07) is 7.10. The number of esters is 1. The third-order valence-corrected chi connectivity index (χ3v) is 5.05. The molecular formula is C18H22O5S. The van der Waals surface area contributed by atoms with E-state index in [0.717, 1.165) is 4.88 Å². The number of hydrogen-bond donors (Lipinski definition) is 0. The van der Waals surface area contributed by atoms with E-state index in [2.05, 4.69) is 0 Å². The predicted octanol–water partition coefficient (Wildman–Crippen LogP) is 4.26. The van der Waals surface area contributed by atoms with Gasteiger partial charge in [-0.3, -0.25) is 0 Å². The minimum atomic E-state index is -0.675. The van der Waals surface area contributed by atoms with E-state index in [4.69, 9.17) is 18.9 Å². The van der Waals surface area contributed by atoms with Gasteiger partial charge in [-0.15, -0.1) is 11.3 Å². The van der Waals surface area contributed by atoms with Crippen molar-refractivity contribution in [2.24, 2.45) is 0 Å². The third-order valence-electron chi connectivity index (χ3n) is 3.94. The first-order chi connectivity index (χ1) is 11.5. The van der Waals surface area contributed by atoms with Crippen LogP contribution in [0.1, 0.15) is 35.5 Å². The molecule has 0 fully saturated rings. The highest BCUT2D eigenvalue weighted by atomic mass is 32.1. The van der Waals surface area contributed by atoms with Gasteiger partial charge in [-0.2, -0.15) is 0 Å². The average molecular weight is 350 g/mol. The smallest absolute Gasteiger partial charge is 0.339 e. The Morgan fingerprint density at radius 1 is 1.12 bits per heavy atom. The van der Waals surface area contributed by atoms with Crippen LogP contribution in [0.3, 0.4) is 0 Å². The van der Waals surface area contributed by atoms with Crippen molar-refractivity contribution in [3.05, 3.63) is 40.1 Å². The van der Waals surface area contributed by atoms with E-state index in [1.54, 1.807) is 23.5 Å². The molecule has 2 aromatic rings. The van der Waals surface area contributed by atoms with Crippen molar-refractivity contribution in [1.29, 1.82) is 0 Å². The van der Waals surface area contributed by atoms with E-state index in [9.17, 15) is 4.79 Å². The summed E-state index contributed by atoms with van der Waals surface area (Å²) in [5, 5.41) is 1.97. The monoisotopic (exact) mass is 350 g/mol. The molecule has 0 bridgehead atoms. The Balaban J connectivity index is 2.36. The molecule has 0 aliphatic carbocycles. The molecule has 1 heterocycles. The second-order valence-corrected chi connectivity index (χ2v) is 6.31. The number of benzene rings is 1. The molecule has 0 spiro atoms. The molecule has 0 saturated heterocycles. The number of methoxy groups -OCH3 is 3. The third kappa shape index (κ3) is 3.48. The zero-order chi connectivity index (χ0) is 17.7. The molecule has 1 atom stereocenters. The molecule has 1 aromatic carbocycles. The lowest BCUT2D eigenvalue weighted by molar-refractivity contribution is -0.0124. The highest BCUT2D eigenvalue weighted by molar-refractivity contribution is 7.10. The Morgan fingerprint density at radius 3 is 2.17 bits per heavy atom. The van der Waals surface area contributed by atoms with Gasteiger partial charge in [0.15, 0.2) is 11.5 Å². The second kappa shape index (κ2) is 7.57. The Kier molecular flexibility index (Phi) is 5.72. The lowest BCUT2D eigenvalue weighted by Crippen LogP contribution is -2.27. The van der Waals surface area contributed by atoms with Crippen molar-refractivity contribution in [2.45, 2.75) is 25.9 Å². The van der Waals surface area contributed by atoms with Crippen LogP contribution in [0.5, 0.6) is 17.2 Å². The van der Waals surface area contributed by atoms with E-state index in [-0.39, 0.29) is 0 Å². The summed E-state index contributed by atoms with van der Waals surface area (Å²) < 4.78 is 21.7. The number of hydrogen-bond acceptors (Lipinski definition) is 6. The zero-order valence-corrected chi connectivity index (χ0v) is 15.4. The molecule has 6 heteroatoms. The van der Waals surface area contributed by atoms with E-state index in [1.807, 2.05) is 31.4 Å². The van der Waals surface area contributed by atoms with Crippen LogP contribution < -0.4 is 14.2 Å². The van der Waals surface area contributed by atoms with Crippen LogP contribution in [-0.4, -0.2) is 27.3 Å². The van der Waals surface area contributed by atoms with Crippen LogP contribution in [0.15, 0.2) is 29.6 Å². The lowest BCUT2D eigenvalue weighted by atomic mass is 10.0. The summed E-state index contributed by atoms with van der Waals surface area (Å²) in [6.45, 7) is 3.90. The summed E-state index contributed by atoms with van der Waals surface area (Å²) in [5.41, 5.74) is -0.327. The molecule has 0 N–H and O–H groups in total. The topological polar surface area (TPSA) is 54.0 Å². The van der Waals surface area contributed by atoms with Gasteiger partial charge < -0.3 is 18.9 Å². The van der Waals surface area contributed by atoms with Gasteiger partial charge in [0.25, 0.3) is 0 Å². The Labute approximate surface area is 146 Å². The first kappa shape index (κ1) is 18.1. The van der Waals surface area contributed by atoms with Crippen LogP contribution in [0.4, 0.5) is 0 Å². The fourth-order valence-electron chi connectivity index (χ4n) is 2.34. The number of ether oxygens (including phenoxy) is 4.